The summed E-state index contributed by atoms with van der Waals surface area (Å²) in [5.74, 6) is 1.40. The Hall–Kier alpha value is -0.0151. The van der Waals surface area contributed by atoms with Gasteiger partial charge in [-0.25, -0.2) is 0 Å². The fourth-order valence-electron chi connectivity index (χ4n) is 2.93. The second kappa shape index (κ2) is 2.99. The summed E-state index contributed by atoms with van der Waals surface area (Å²) >= 11 is 0. The summed E-state index contributed by atoms with van der Waals surface area (Å²) in [6.07, 6.45) is 1.43. The summed E-state index contributed by atoms with van der Waals surface area (Å²) in [6, 6.07) is 0. The Morgan fingerprint density at radius 2 is 1.86 bits per heavy atom. The van der Waals surface area contributed by atoms with Gasteiger partial charge in [0.15, 0.2) is 0 Å². The molecule has 1 saturated heterocycles. The van der Waals surface area contributed by atoms with E-state index in [-0.39, 0.29) is 11.7 Å². The highest BCUT2D eigenvalue weighted by atomic mass is 16.6. The van der Waals surface area contributed by atoms with Gasteiger partial charge in [-0.1, -0.05) is 20.8 Å². The highest BCUT2D eigenvalue weighted by Gasteiger charge is 2.58. The number of hydrogen-bond donors (Lipinski definition) is 0. The molecule has 4 unspecified atom stereocenters. The van der Waals surface area contributed by atoms with Gasteiger partial charge < -0.3 is 9.31 Å². The maximum absolute atomic E-state index is 5.69. The van der Waals surface area contributed by atoms with Crippen LogP contribution in [-0.4, -0.2) is 19.4 Å². The summed E-state index contributed by atoms with van der Waals surface area (Å²) in [7, 11) is 1.52. The summed E-state index contributed by atoms with van der Waals surface area (Å²) in [5.41, 5.74) is 0.264. The molecule has 0 spiro atoms. The third-order valence-corrected chi connectivity index (χ3v) is 4.82. The van der Waals surface area contributed by atoms with Crippen LogP contribution in [0.5, 0.6) is 0 Å². The van der Waals surface area contributed by atoms with Crippen molar-refractivity contribution < 1.29 is 9.31 Å². The van der Waals surface area contributed by atoms with Crippen LogP contribution in [0, 0.1) is 17.3 Å². The lowest BCUT2D eigenvalue weighted by Crippen LogP contribution is -2.58. The van der Waals surface area contributed by atoms with Crippen LogP contribution in [0.25, 0.3) is 0 Å². The largest absolute Gasteiger partial charge is 0.488 e. The zero-order valence-electron chi connectivity index (χ0n) is 9.83. The average Bonchev–Trinajstić information content (AvgIpc) is 2.44. The maximum Gasteiger partial charge on any atom is 0.488 e. The molecule has 1 aliphatic carbocycles. The molecule has 0 aromatic carbocycles. The van der Waals surface area contributed by atoms with E-state index in [1.165, 1.54) is 14.1 Å². The third kappa shape index (κ3) is 1.18. The third-order valence-electron chi connectivity index (χ3n) is 4.82. The SMILES string of the molecule is CC1CC(C2(C)O[B]OC2C)C1(C)C. The predicted octanol–water partition coefficient (Wildman–Crippen LogP) is 2.40. The van der Waals surface area contributed by atoms with E-state index in [1.54, 1.807) is 0 Å². The molecule has 4 atom stereocenters. The molecule has 14 heavy (non-hydrogen) atoms. The van der Waals surface area contributed by atoms with E-state index in [4.69, 9.17) is 9.31 Å². The summed E-state index contributed by atoms with van der Waals surface area (Å²) < 4.78 is 11.1. The van der Waals surface area contributed by atoms with E-state index in [9.17, 15) is 0 Å². The van der Waals surface area contributed by atoms with E-state index >= 15 is 0 Å². The molecule has 0 aromatic heterocycles. The van der Waals surface area contributed by atoms with Crippen LogP contribution < -0.4 is 0 Å². The van der Waals surface area contributed by atoms with Crippen molar-refractivity contribution in [2.24, 2.45) is 17.3 Å². The van der Waals surface area contributed by atoms with Crippen molar-refractivity contribution in [1.29, 1.82) is 0 Å². The van der Waals surface area contributed by atoms with Crippen LogP contribution in [0.2, 0.25) is 0 Å². The van der Waals surface area contributed by atoms with Crippen molar-refractivity contribution in [2.75, 3.05) is 0 Å². The molecule has 1 heterocycles. The fourth-order valence-corrected chi connectivity index (χ4v) is 2.93. The van der Waals surface area contributed by atoms with Crippen molar-refractivity contribution in [2.45, 2.75) is 52.7 Å². The minimum Gasteiger partial charge on any atom is -0.408 e. The maximum atomic E-state index is 5.69. The van der Waals surface area contributed by atoms with Crippen LogP contribution in [0.15, 0.2) is 0 Å². The standard InChI is InChI=1S/C11H20BO2/c1-7-6-9(10(7,3)4)11(5)8(2)13-12-14-11/h7-9H,6H2,1-5H3. The Bertz CT molecular complexity index is 241. The highest BCUT2D eigenvalue weighted by Crippen LogP contribution is 2.58. The van der Waals surface area contributed by atoms with Crippen molar-refractivity contribution in [3.8, 4) is 0 Å². The first kappa shape index (κ1) is 10.5. The smallest absolute Gasteiger partial charge is 0.408 e. The summed E-state index contributed by atoms with van der Waals surface area (Å²) in [4.78, 5) is 0. The van der Waals surface area contributed by atoms with Gasteiger partial charge in [-0.3, -0.25) is 0 Å². The van der Waals surface area contributed by atoms with Crippen molar-refractivity contribution >= 4 is 7.69 Å². The molecule has 1 aliphatic heterocycles. The fraction of sp³-hybridized carbons (Fsp3) is 1.00. The van der Waals surface area contributed by atoms with Crippen LogP contribution in [0.3, 0.4) is 0 Å². The van der Waals surface area contributed by atoms with Crippen molar-refractivity contribution in [3.05, 3.63) is 0 Å². The van der Waals surface area contributed by atoms with E-state index in [1.807, 2.05) is 0 Å². The molecule has 0 amide bonds. The first-order chi connectivity index (χ1) is 6.39. The lowest BCUT2D eigenvalue weighted by Gasteiger charge is -2.58. The van der Waals surface area contributed by atoms with Gasteiger partial charge in [0.1, 0.15) is 0 Å². The Kier molecular flexibility index (Phi) is 2.24. The molecule has 2 aliphatic rings. The topological polar surface area (TPSA) is 18.5 Å². The Labute approximate surface area is 87.7 Å². The average molecular weight is 195 g/mol. The van der Waals surface area contributed by atoms with E-state index in [2.05, 4.69) is 34.6 Å². The Balaban J connectivity index is 2.16. The van der Waals surface area contributed by atoms with Crippen LogP contribution >= 0.6 is 0 Å². The van der Waals surface area contributed by atoms with E-state index in [0.29, 0.717) is 11.3 Å². The van der Waals surface area contributed by atoms with Crippen molar-refractivity contribution in [3.63, 3.8) is 0 Å². The Morgan fingerprint density at radius 3 is 2.21 bits per heavy atom. The van der Waals surface area contributed by atoms with Gasteiger partial charge in [0.25, 0.3) is 0 Å². The van der Waals surface area contributed by atoms with Gasteiger partial charge in [-0.2, -0.15) is 0 Å². The summed E-state index contributed by atoms with van der Waals surface area (Å²) in [5, 5.41) is 0. The van der Waals surface area contributed by atoms with Crippen molar-refractivity contribution in [1.82, 2.24) is 0 Å². The lowest BCUT2D eigenvalue weighted by atomic mass is 9.50. The minimum absolute atomic E-state index is 0.115. The molecule has 0 bridgehead atoms. The molecule has 1 saturated carbocycles. The lowest BCUT2D eigenvalue weighted by molar-refractivity contribution is -0.136. The van der Waals surface area contributed by atoms with E-state index < -0.39 is 0 Å². The minimum atomic E-state index is -0.115. The van der Waals surface area contributed by atoms with Gasteiger partial charge in [0.2, 0.25) is 0 Å². The first-order valence-corrected chi connectivity index (χ1v) is 5.54. The number of hydrogen-bond acceptors (Lipinski definition) is 2. The van der Waals surface area contributed by atoms with Gasteiger partial charge in [0, 0.05) is 0 Å². The highest BCUT2D eigenvalue weighted by molar-refractivity contribution is 6.19. The first-order valence-electron chi connectivity index (χ1n) is 5.54. The monoisotopic (exact) mass is 195 g/mol. The van der Waals surface area contributed by atoms with Gasteiger partial charge >= 0.3 is 7.69 Å². The second-order valence-corrected chi connectivity index (χ2v) is 5.69. The predicted molar refractivity (Wildman–Crippen MR) is 56.8 cm³/mol. The van der Waals surface area contributed by atoms with Gasteiger partial charge in [0.05, 0.1) is 11.7 Å². The van der Waals surface area contributed by atoms with Gasteiger partial charge in [-0.15, -0.1) is 0 Å². The molecule has 2 fully saturated rings. The quantitative estimate of drug-likeness (QED) is 0.598. The number of rotatable bonds is 1. The van der Waals surface area contributed by atoms with E-state index in [0.717, 1.165) is 5.92 Å². The van der Waals surface area contributed by atoms with Crippen LogP contribution in [0.1, 0.15) is 41.0 Å². The molecule has 0 N–H and O–H groups in total. The normalized spacial score (nSPS) is 51.1. The molecular weight excluding hydrogens is 175 g/mol. The molecule has 1 radical (unpaired) electrons. The molecule has 79 valence electrons. The molecule has 2 nitrogen and oxygen atoms in total. The Morgan fingerprint density at radius 1 is 1.21 bits per heavy atom. The van der Waals surface area contributed by atoms with Crippen LogP contribution in [-0.2, 0) is 9.31 Å². The molecular formula is C11H20BO2. The zero-order valence-corrected chi connectivity index (χ0v) is 9.83. The molecule has 0 aromatic rings. The zero-order chi connectivity index (χ0) is 10.6. The second-order valence-electron chi connectivity index (χ2n) is 5.69. The van der Waals surface area contributed by atoms with Crippen LogP contribution in [0.4, 0.5) is 0 Å². The molecule has 2 rings (SSSR count). The van der Waals surface area contributed by atoms with Gasteiger partial charge in [-0.05, 0) is 37.5 Å². The summed E-state index contributed by atoms with van der Waals surface area (Å²) in [6.45, 7) is 11.3. The molecule has 3 heteroatoms.